The molecule has 1 fully saturated rings. The van der Waals surface area contributed by atoms with E-state index in [1.54, 1.807) is 30.4 Å². The zero-order valence-electron chi connectivity index (χ0n) is 18.5. The minimum Gasteiger partial charge on any atom is -0.294 e. The van der Waals surface area contributed by atoms with Gasteiger partial charge in [-0.3, -0.25) is 9.59 Å². The highest BCUT2D eigenvalue weighted by Crippen LogP contribution is 2.50. The van der Waals surface area contributed by atoms with Gasteiger partial charge in [0, 0.05) is 17.1 Å². The van der Waals surface area contributed by atoms with E-state index >= 15 is 0 Å². The number of fused-ring (bicyclic) bond motifs is 1. The Kier molecular flexibility index (Phi) is 8.14. The number of allylic oxidation sites excluding steroid dienone is 12. The van der Waals surface area contributed by atoms with Crippen molar-refractivity contribution in [3.63, 3.8) is 0 Å². The highest BCUT2D eigenvalue weighted by atomic mass is 16.1. The van der Waals surface area contributed by atoms with E-state index in [0.717, 1.165) is 11.1 Å². The van der Waals surface area contributed by atoms with E-state index in [1.165, 1.54) is 0 Å². The highest BCUT2D eigenvalue weighted by Gasteiger charge is 2.62. The van der Waals surface area contributed by atoms with Gasteiger partial charge in [0.05, 0.1) is 12.5 Å². The van der Waals surface area contributed by atoms with Gasteiger partial charge in [0.15, 0.2) is 17.1 Å². The Hall–Kier alpha value is -3.40. The van der Waals surface area contributed by atoms with E-state index in [9.17, 15) is 9.59 Å². The van der Waals surface area contributed by atoms with Crippen LogP contribution in [0.15, 0.2) is 119 Å². The predicted molar refractivity (Wildman–Crippen MR) is 128 cm³/mol. The Labute approximate surface area is 185 Å². The smallest absolute Gasteiger partial charge is 0.194 e. The third-order valence-corrected chi connectivity index (χ3v) is 5.54. The summed E-state index contributed by atoms with van der Waals surface area (Å²) in [7, 11) is 0. The Balaban J connectivity index is 2.86. The molecule has 0 aromatic carbocycles. The van der Waals surface area contributed by atoms with Gasteiger partial charge in [-0.15, -0.1) is 0 Å². The van der Waals surface area contributed by atoms with Crippen molar-refractivity contribution in [1.82, 2.24) is 0 Å². The standard InChI is InChI=1S/C27H30N2O2/c1-7-11-13-16-19(5)24(21(14-9-3)15-10-4)27-23(18-28-29-27)25(30)20(6)22(26(27)31)17-12-8-2/h7-17,23-24H,1,3,6,18H2,2,4-5H3/b12-8-,13-11-,15-10-,19-16+,21-14+,22-17+. The maximum Gasteiger partial charge on any atom is 0.194 e. The average Bonchev–Trinajstić information content (AvgIpc) is 3.19. The zero-order chi connectivity index (χ0) is 23.0. The van der Waals surface area contributed by atoms with Crippen LogP contribution in [0.1, 0.15) is 20.8 Å². The van der Waals surface area contributed by atoms with Crippen LogP contribution in [0, 0.1) is 11.8 Å². The Bertz CT molecular complexity index is 998. The van der Waals surface area contributed by atoms with Gasteiger partial charge in [-0.2, -0.15) is 10.2 Å². The number of hydrogen-bond acceptors (Lipinski definition) is 4. The summed E-state index contributed by atoms with van der Waals surface area (Å²) in [6, 6.07) is 0. The number of carbonyl (C=O) groups is 2. The van der Waals surface area contributed by atoms with Gasteiger partial charge in [-0.05, 0) is 26.3 Å². The maximum absolute atomic E-state index is 14.0. The van der Waals surface area contributed by atoms with Gasteiger partial charge >= 0.3 is 0 Å². The molecule has 4 heteroatoms. The molecular weight excluding hydrogens is 384 g/mol. The summed E-state index contributed by atoms with van der Waals surface area (Å²) in [5.41, 5.74) is 0.876. The molecule has 0 bridgehead atoms. The van der Waals surface area contributed by atoms with Gasteiger partial charge in [0.25, 0.3) is 0 Å². The summed E-state index contributed by atoms with van der Waals surface area (Å²) in [5.74, 6) is -1.60. The molecule has 1 aliphatic carbocycles. The first-order valence-electron chi connectivity index (χ1n) is 10.3. The fraction of sp³-hybridized carbons (Fsp3) is 0.259. The Morgan fingerprint density at radius 1 is 1.10 bits per heavy atom. The predicted octanol–water partition coefficient (Wildman–Crippen LogP) is 6.01. The van der Waals surface area contributed by atoms with Crippen molar-refractivity contribution >= 4 is 11.6 Å². The lowest BCUT2D eigenvalue weighted by atomic mass is 9.59. The van der Waals surface area contributed by atoms with Crippen molar-refractivity contribution in [2.75, 3.05) is 6.54 Å². The molecule has 1 heterocycles. The molecule has 1 saturated carbocycles. The van der Waals surface area contributed by atoms with Crippen LogP contribution in [0.2, 0.25) is 0 Å². The van der Waals surface area contributed by atoms with Crippen LogP contribution >= 0.6 is 0 Å². The molecule has 2 rings (SSSR count). The molecule has 3 unspecified atom stereocenters. The topological polar surface area (TPSA) is 58.9 Å². The summed E-state index contributed by atoms with van der Waals surface area (Å²) >= 11 is 0. The number of rotatable bonds is 8. The van der Waals surface area contributed by atoms with E-state index in [1.807, 2.05) is 57.2 Å². The van der Waals surface area contributed by atoms with Gasteiger partial charge in [-0.25, -0.2) is 0 Å². The van der Waals surface area contributed by atoms with E-state index in [-0.39, 0.29) is 29.3 Å². The second-order valence-electron chi connectivity index (χ2n) is 7.45. The molecule has 0 amide bonds. The number of nitrogens with zero attached hydrogens (tertiary/aromatic N) is 2. The van der Waals surface area contributed by atoms with Crippen LogP contribution in [0.4, 0.5) is 0 Å². The number of ketones is 2. The summed E-state index contributed by atoms with van der Waals surface area (Å²) in [5, 5.41) is 8.71. The highest BCUT2D eigenvalue weighted by molar-refractivity contribution is 6.23. The van der Waals surface area contributed by atoms with Crippen LogP contribution in [0.3, 0.4) is 0 Å². The molecule has 0 aromatic heterocycles. The largest absolute Gasteiger partial charge is 0.294 e. The summed E-state index contributed by atoms with van der Waals surface area (Å²) in [4.78, 5) is 27.3. The molecule has 0 N–H and O–H groups in total. The lowest BCUT2D eigenvalue weighted by Crippen LogP contribution is -2.57. The fourth-order valence-electron chi connectivity index (χ4n) is 4.21. The SMILES string of the molecule is C=C/C=C\C=C(/C)C(C(/C=C\C)=C/C=C)C12N=NCC1C(=O)C(=C)/C(=C\C=C/C)C2=O. The molecule has 3 atom stereocenters. The van der Waals surface area contributed by atoms with Crippen molar-refractivity contribution in [3.05, 3.63) is 109 Å². The maximum atomic E-state index is 14.0. The number of Topliss-reactive ketones (excluding diaryl/α,β-unsaturated/α-hetero) is 2. The number of carbonyl (C=O) groups excluding carboxylic acids is 2. The van der Waals surface area contributed by atoms with Crippen molar-refractivity contribution in [3.8, 4) is 0 Å². The summed E-state index contributed by atoms with van der Waals surface area (Å²) in [6.45, 7) is 17.3. The fourth-order valence-corrected chi connectivity index (χ4v) is 4.21. The Morgan fingerprint density at radius 3 is 2.45 bits per heavy atom. The lowest BCUT2D eigenvalue weighted by molar-refractivity contribution is -0.132. The summed E-state index contributed by atoms with van der Waals surface area (Å²) in [6.07, 6.45) is 19.8. The van der Waals surface area contributed by atoms with Gasteiger partial charge < -0.3 is 0 Å². The summed E-state index contributed by atoms with van der Waals surface area (Å²) < 4.78 is 0. The average molecular weight is 415 g/mol. The van der Waals surface area contributed by atoms with E-state index in [4.69, 9.17) is 0 Å². The molecule has 0 aromatic rings. The van der Waals surface area contributed by atoms with Crippen LogP contribution in [-0.2, 0) is 9.59 Å². The van der Waals surface area contributed by atoms with Gasteiger partial charge in [0.1, 0.15) is 0 Å². The third kappa shape index (κ3) is 4.38. The molecule has 0 saturated heterocycles. The molecule has 2 aliphatic rings. The zero-order valence-corrected chi connectivity index (χ0v) is 18.5. The molecule has 4 nitrogen and oxygen atoms in total. The molecule has 160 valence electrons. The van der Waals surface area contributed by atoms with Gasteiger partial charge in [-0.1, -0.05) is 92.1 Å². The molecular formula is C27H30N2O2. The molecule has 1 aliphatic heterocycles. The Morgan fingerprint density at radius 2 is 1.84 bits per heavy atom. The van der Waals surface area contributed by atoms with E-state index < -0.39 is 17.4 Å². The van der Waals surface area contributed by atoms with Gasteiger partial charge in [0.2, 0.25) is 0 Å². The number of azo groups is 1. The second kappa shape index (κ2) is 10.6. The van der Waals surface area contributed by atoms with E-state index in [2.05, 4.69) is 30.0 Å². The van der Waals surface area contributed by atoms with Crippen LogP contribution in [0.25, 0.3) is 0 Å². The van der Waals surface area contributed by atoms with Crippen molar-refractivity contribution in [2.45, 2.75) is 26.3 Å². The van der Waals surface area contributed by atoms with Crippen molar-refractivity contribution < 1.29 is 9.59 Å². The van der Waals surface area contributed by atoms with Crippen LogP contribution in [-0.4, -0.2) is 23.7 Å². The third-order valence-electron chi connectivity index (χ3n) is 5.54. The lowest BCUT2D eigenvalue weighted by Gasteiger charge is -2.42. The van der Waals surface area contributed by atoms with Crippen LogP contribution < -0.4 is 0 Å². The minimum atomic E-state index is -1.36. The monoisotopic (exact) mass is 414 g/mol. The van der Waals surface area contributed by atoms with E-state index in [0.29, 0.717) is 0 Å². The first kappa shape index (κ1) is 23.9. The van der Waals surface area contributed by atoms with Crippen LogP contribution in [0.5, 0.6) is 0 Å². The van der Waals surface area contributed by atoms with Crippen molar-refractivity contribution in [1.29, 1.82) is 0 Å². The second-order valence-corrected chi connectivity index (χ2v) is 7.45. The number of hydrogen-bond donors (Lipinski definition) is 0. The minimum absolute atomic E-state index is 0.171. The normalized spacial score (nSPS) is 27.1. The first-order valence-corrected chi connectivity index (χ1v) is 10.3. The molecule has 0 radical (unpaired) electrons. The van der Waals surface area contributed by atoms with Crippen molar-refractivity contribution in [2.24, 2.45) is 22.1 Å². The first-order chi connectivity index (χ1) is 14.9. The quantitative estimate of drug-likeness (QED) is 0.361. The molecule has 0 spiro atoms. The molecule has 31 heavy (non-hydrogen) atoms.